The molecule has 160 valence electrons. The Labute approximate surface area is 182 Å². The second-order valence-corrected chi connectivity index (χ2v) is 8.03. The summed E-state index contributed by atoms with van der Waals surface area (Å²) < 4.78 is 7.03. The summed E-state index contributed by atoms with van der Waals surface area (Å²) >= 11 is 0. The summed E-state index contributed by atoms with van der Waals surface area (Å²) in [5.74, 6) is -0.716. The number of hydrogen-bond acceptors (Lipinski definition) is 4. The van der Waals surface area contributed by atoms with Crippen LogP contribution in [-0.4, -0.2) is 45.2 Å². The van der Waals surface area contributed by atoms with Crippen LogP contribution in [0.5, 0.6) is 0 Å². The maximum absolute atomic E-state index is 13.0. The third-order valence-electron chi connectivity index (χ3n) is 5.80. The number of aromatic nitrogens is 2. The van der Waals surface area contributed by atoms with Gasteiger partial charge in [0.1, 0.15) is 0 Å². The molecule has 0 bridgehead atoms. The molecule has 6 nitrogen and oxygen atoms in total. The van der Waals surface area contributed by atoms with E-state index in [0.29, 0.717) is 5.69 Å². The number of carbonyl (C=O) groups excluding carboxylic acids is 2. The van der Waals surface area contributed by atoms with Gasteiger partial charge < -0.3 is 9.64 Å². The minimum atomic E-state index is -0.566. The summed E-state index contributed by atoms with van der Waals surface area (Å²) in [7, 11) is 0. The number of para-hydroxylation sites is 1. The Morgan fingerprint density at radius 1 is 0.968 bits per heavy atom. The zero-order chi connectivity index (χ0) is 21.8. The van der Waals surface area contributed by atoms with E-state index in [1.54, 1.807) is 10.7 Å². The molecule has 1 aliphatic rings. The number of carbonyl (C=O) groups is 2. The molecule has 31 heavy (non-hydrogen) atoms. The number of benzene rings is 2. The second-order valence-electron chi connectivity index (χ2n) is 8.03. The second kappa shape index (κ2) is 9.16. The van der Waals surface area contributed by atoms with Crippen molar-refractivity contribution < 1.29 is 14.3 Å². The Hall–Kier alpha value is -3.41. The van der Waals surface area contributed by atoms with Gasteiger partial charge in [-0.25, -0.2) is 9.48 Å². The fourth-order valence-electron chi connectivity index (χ4n) is 4.23. The highest BCUT2D eigenvalue weighted by Gasteiger charge is 2.30. The fraction of sp³-hybridized carbons (Fsp3) is 0.320. The first-order chi connectivity index (χ1) is 15.0. The van der Waals surface area contributed by atoms with Gasteiger partial charge in [0, 0.05) is 17.6 Å². The molecule has 0 aliphatic carbocycles. The highest BCUT2D eigenvalue weighted by molar-refractivity contribution is 5.91. The third kappa shape index (κ3) is 4.53. The van der Waals surface area contributed by atoms with E-state index in [1.165, 1.54) is 0 Å². The molecule has 0 unspecified atom stereocenters. The van der Waals surface area contributed by atoms with Crippen molar-refractivity contribution in [2.45, 2.75) is 45.2 Å². The molecule has 2 aromatic carbocycles. The predicted molar refractivity (Wildman–Crippen MR) is 119 cm³/mol. The standard InChI is InChI=1S/C25H27N3O3/c1-18-10-9-11-19(2)27(18)24(29)17-31-25(30)23-16-22(20-12-5-3-6-13-20)26-28(23)21-14-7-4-8-15-21/h3-8,12-16,18-19H,9-11,17H2,1-2H3/t18-,19-/m1/s1. The summed E-state index contributed by atoms with van der Waals surface area (Å²) in [5, 5.41) is 4.63. The van der Waals surface area contributed by atoms with Crippen molar-refractivity contribution >= 4 is 11.9 Å². The van der Waals surface area contributed by atoms with Crippen LogP contribution in [0.2, 0.25) is 0 Å². The van der Waals surface area contributed by atoms with Crippen LogP contribution in [0.4, 0.5) is 0 Å². The van der Waals surface area contributed by atoms with Gasteiger partial charge in [-0.15, -0.1) is 0 Å². The average molecular weight is 418 g/mol. The van der Waals surface area contributed by atoms with Crippen LogP contribution in [-0.2, 0) is 9.53 Å². The lowest BCUT2D eigenvalue weighted by molar-refractivity contribution is -0.140. The largest absolute Gasteiger partial charge is 0.451 e. The summed E-state index contributed by atoms with van der Waals surface area (Å²) in [6.45, 7) is 3.83. The molecular formula is C25H27N3O3. The van der Waals surface area contributed by atoms with Gasteiger partial charge in [0.05, 0.1) is 11.4 Å². The van der Waals surface area contributed by atoms with E-state index in [9.17, 15) is 9.59 Å². The van der Waals surface area contributed by atoms with Crippen LogP contribution in [0.15, 0.2) is 66.7 Å². The lowest BCUT2D eigenvalue weighted by atomic mass is 9.97. The SMILES string of the molecule is C[C@@H]1CCC[C@@H](C)N1C(=O)COC(=O)c1cc(-c2ccccc2)nn1-c1ccccc1. The van der Waals surface area contributed by atoms with Gasteiger partial charge in [-0.2, -0.15) is 5.10 Å². The van der Waals surface area contributed by atoms with Gasteiger partial charge in [0.25, 0.3) is 5.91 Å². The monoisotopic (exact) mass is 417 g/mol. The van der Waals surface area contributed by atoms with Crippen LogP contribution < -0.4 is 0 Å². The van der Waals surface area contributed by atoms with E-state index in [2.05, 4.69) is 5.10 Å². The molecule has 0 radical (unpaired) electrons. The summed E-state index contributed by atoms with van der Waals surface area (Å²) in [4.78, 5) is 27.6. The molecule has 0 spiro atoms. The summed E-state index contributed by atoms with van der Waals surface area (Å²) in [6.07, 6.45) is 3.07. The van der Waals surface area contributed by atoms with E-state index in [4.69, 9.17) is 4.74 Å². The minimum absolute atomic E-state index is 0.151. The fourth-order valence-corrected chi connectivity index (χ4v) is 4.23. The van der Waals surface area contributed by atoms with Crippen molar-refractivity contribution in [2.24, 2.45) is 0 Å². The normalized spacial score (nSPS) is 18.6. The molecule has 1 fully saturated rings. The topological polar surface area (TPSA) is 64.4 Å². The van der Waals surface area contributed by atoms with E-state index >= 15 is 0 Å². The maximum Gasteiger partial charge on any atom is 0.357 e. The maximum atomic E-state index is 13.0. The van der Waals surface area contributed by atoms with Gasteiger partial charge in [-0.1, -0.05) is 48.5 Å². The lowest BCUT2D eigenvalue weighted by Crippen LogP contribution is -2.49. The molecule has 1 aliphatic heterocycles. The van der Waals surface area contributed by atoms with Gasteiger partial charge in [-0.05, 0) is 51.3 Å². The van der Waals surface area contributed by atoms with Crippen molar-refractivity contribution in [3.63, 3.8) is 0 Å². The first kappa shape index (κ1) is 20.8. The molecule has 1 amide bonds. The van der Waals surface area contributed by atoms with Crippen LogP contribution in [0.3, 0.4) is 0 Å². The molecule has 0 N–H and O–H groups in total. The molecule has 4 rings (SSSR count). The zero-order valence-electron chi connectivity index (χ0n) is 17.9. The molecule has 1 aromatic heterocycles. The van der Waals surface area contributed by atoms with Crippen LogP contribution >= 0.6 is 0 Å². The molecule has 6 heteroatoms. The van der Waals surface area contributed by atoms with Gasteiger partial charge in [0.2, 0.25) is 0 Å². The molecular weight excluding hydrogens is 390 g/mol. The predicted octanol–water partition coefficient (Wildman–Crippen LogP) is 4.49. The molecule has 2 atom stereocenters. The highest BCUT2D eigenvalue weighted by Crippen LogP contribution is 2.24. The summed E-state index contributed by atoms with van der Waals surface area (Å²) in [5.41, 5.74) is 2.61. The highest BCUT2D eigenvalue weighted by atomic mass is 16.5. The Bertz CT molecular complexity index is 1040. The molecule has 0 saturated carbocycles. The number of hydrogen-bond donors (Lipinski definition) is 0. The smallest absolute Gasteiger partial charge is 0.357 e. The van der Waals surface area contributed by atoms with Gasteiger partial charge in [-0.3, -0.25) is 4.79 Å². The number of nitrogens with zero attached hydrogens (tertiary/aromatic N) is 3. The van der Waals surface area contributed by atoms with Crippen LogP contribution in [0.25, 0.3) is 16.9 Å². The van der Waals surface area contributed by atoms with E-state index in [1.807, 2.05) is 79.4 Å². The molecule has 3 aromatic rings. The van der Waals surface area contributed by atoms with Crippen molar-refractivity contribution in [1.82, 2.24) is 14.7 Å². The quantitative estimate of drug-likeness (QED) is 0.574. The third-order valence-corrected chi connectivity index (χ3v) is 5.80. The lowest BCUT2D eigenvalue weighted by Gasteiger charge is -2.38. The number of piperidine rings is 1. The number of amides is 1. The summed E-state index contributed by atoms with van der Waals surface area (Å²) in [6, 6.07) is 21.1. The van der Waals surface area contributed by atoms with E-state index < -0.39 is 5.97 Å². The van der Waals surface area contributed by atoms with E-state index in [-0.39, 0.29) is 30.3 Å². The van der Waals surface area contributed by atoms with Crippen molar-refractivity contribution in [1.29, 1.82) is 0 Å². The van der Waals surface area contributed by atoms with Gasteiger partial charge >= 0.3 is 5.97 Å². The number of rotatable bonds is 5. The van der Waals surface area contributed by atoms with Gasteiger partial charge in [0.15, 0.2) is 12.3 Å². The first-order valence-electron chi connectivity index (χ1n) is 10.7. The average Bonchev–Trinajstić information content (AvgIpc) is 3.24. The zero-order valence-corrected chi connectivity index (χ0v) is 17.9. The number of esters is 1. The van der Waals surface area contributed by atoms with Crippen molar-refractivity contribution in [2.75, 3.05) is 6.61 Å². The molecule has 2 heterocycles. The van der Waals surface area contributed by atoms with Crippen LogP contribution in [0.1, 0.15) is 43.6 Å². The Kier molecular flexibility index (Phi) is 6.16. The Balaban J connectivity index is 1.57. The van der Waals surface area contributed by atoms with Crippen LogP contribution in [0, 0.1) is 0 Å². The Morgan fingerprint density at radius 2 is 1.58 bits per heavy atom. The number of likely N-dealkylation sites (tertiary alicyclic amines) is 1. The first-order valence-corrected chi connectivity index (χ1v) is 10.7. The Morgan fingerprint density at radius 3 is 2.23 bits per heavy atom. The van der Waals surface area contributed by atoms with Crippen molar-refractivity contribution in [3.8, 4) is 16.9 Å². The molecule has 1 saturated heterocycles. The minimum Gasteiger partial charge on any atom is -0.451 e. The number of ether oxygens (including phenoxy) is 1. The van der Waals surface area contributed by atoms with Crippen molar-refractivity contribution in [3.05, 3.63) is 72.4 Å². The van der Waals surface area contributed by atoms with E-state index in [0.717, 1.165) is 30.5 Å².